The van der Waals surface area contributed by atoms with Crippen LogP contribution in [0.5, 0.6) is 0 Å². The van der Waals surface area contributed by atoms with Crippen LogP contribution < -0.4 is 5.32 Å². The summed E-state index contributed by atoms with van der Waals surface area (Å²) in [5.74, 6) is 0.981. The summed E-state index contributed by atoms with van der Waals surface area (Å²) in [6.45, 7) is 5.22. The highest BCUT2D eigenvalue weighted by atomic mass is 16.2. The number of carbonyl (C=O) groups excluding carboxylic acids is 1. The van der Waals surface area contributed by atoms with Gasteiger partial charge in [-0.1, -0.05) is 0 Å². The molecule has 21 heavy (non-hydrogen) atoms. The molecule has 0 unspecified atom stereocenters. The van der Waals surface area contributed by atoms with Crippen LogP contribution in [-0.4, -0.2) is 59.0 Å². The highest BCUT2D eigenvalue weighted by molar-refractivity contribution is 5.74. The predicted molar refractivity (Wildman–Crippen MR) is 80.9 cm³/mol. The van der Waals surface area contributed by atoms with Gasteiger partial charge in [-0.05, 0) is 38.1 Å². The van der Waals surface area contributed by atoms with Crippen molar-refractivity contribution in [2.24, 2.45) is 5.41 Å². The smallest absolute Gasteiger partial charge is 0.317 e. The molecule has 6 nitrogen and oxygen atoms in total. The Morgan fingerprint density at radius 3 is 2.95 bits per heavy atom. The number of aryl methyl sites for hydroxylation is 1. The lowest BCUT2D eigenvalue weighted by Gasteiger charge is -2.45. The van der Waals surface area contributed by atoms with Crippen molar-refractivity contribution in [3.8, 4) is 0 Å². The summed E-state index contributed by atoms with van der Waals surface area (Å²) in [6, 6.07) is 0.381. The topological polar surface area (TPSA) is 64.3 Å². The van der Waals surface area contributed by atoms with E-state index < -0.39 is 0 Å². The van der Waals surface area contributed by atoms with Crippen molar-refractivity contribution in [3.63, 3.8) is 0 Å². The molecule has 1 aromatic heterocycles. The van der Waals surface area contributed by atoms with Gasteiger partial charge in [0.05, 0.1) is 0 Å². The summed E-state index contributed by atoms with van der Waals surface area (Å²) in [7, 11) is 3.57. The first-order valence-electron chi connectivity index (χ1n) is 7.66. The lowest BCUT2D eigenvalue weighted by molar-refractivity contribution is 0.0897. The van der Waals surface area contributed by atoms with Gasteiger partial charge >= 0.3 is 6.03 Å². The average Bonchev–Trinajstić information content (AvgIpc) is 2.96. The number of nitrogens with zero attached hydrogens (tertiary/aromatic N) is 3. The normalized spacial score (nSPS) is 28.6. The largest absolute Gasteiger partial charge is 0.345 e. The number of aromatic nitrogens is 2. The van der Waals surface area contributed by atoms with Gasteiger partial charge in [0.2, 0.25) is 0 Å². The molecule has 116 valence electrons. The van der Waals surface area contributed by atoms with E-state index in [1.165, 1.54) is 12.1 Å². The van der Waals surface area contributed by atoms with Crippen LogP contribution in [0.3, 0.4) is 0 Å². The van der Waals surface area contributed by atoms with Crippen molar-refractivity contribution in [1.82, 2.24) is 25.1 Å². The van der Waals surface area contributed by atoms with Crippen LogP contribution in [0, 0.1) is 12.3 Å². The molecule has 1 aliphatic heterocycles. The monoisotopic (exact) mass is 291 g/mol. The lowest BCUT2D eigenvalue weighted by atomic mass is 9.65. The SMILES string of the molecule is Cc1ncc(CN2CCC3(CC(NC(=O)N(C)C)C3)C2)[nH]1. The van der Waals surface area contributed by atoms with E-state index in [0.717, 1.165) is 38.3 Å². The predicted octanol–water partition coefficient (Wildman–Crippen LogP) is 1.34. The molecule has 1 saturated carbocycles. The van der Waals surface area contributed by atoms with Gasteiger partial charge in [0.15, 0.2) is 0 Å². The molecule has 0 aromatic carbocycles. The number of amides is 2. The van der Waals surface area contributed by atoms with Crippen molar-refractivity contribution in [1.29, 1.82) is 0 Å². The number of rotatable bonds is 3. The Kier molecular flexibility index (Phi) is 3.65. The van der Waals surface area contributed by atoms with E-state index in [9.17, 15) is 4.79 Å². The summed E-state index contributed by atoms with van der Waals surface area (Å²) in [4.78, 5) is 23.3. The first-order valence-corrected chi connectivity index (χ1v) is 7.66. The first-order chi connectivity index (χ1) is 9.96. The average molecular weight is 291 g/mol. The number of urea groups is 1. The highest BCUT2D eigenvalue weighted by Gasteiger charge is 2.48. The third-order valence-electron chi connectivity index (χ3n) is 4.76. The van der Waals surface area contributed by atoms with E-state index in [2.05, 4.69) is 20.2 Å². The van der Waals surface area contributed by atoms with Crippen molar-refractivity contribution >= 4 is 6.03 Å². The highest BCUT2D eigenvalue weighted by Crippen LogP contribution is 2.48. The Morgan fingerprint density at radius 1 is 1.57 bits per heavy atom. The van der Waals surface area contributed by atoms with Crippen LogP contribution >= 0.6 is 0 Å². The Morgan fingerprint density at radius 2 is 2.33 bits per heavy atom. The molecule has 6 heteroatoms. The molecule has 2 N–H and O–H groups in total. The molecule has 2 aliphatic rings. The molecule has 1 aliphatic carbocycles. The number of aromatic amines is 1. The number of imidazole rings is 1. The van der Waals surface area contributed by atoms with Gasteiger partial charge < -0.3 is 15.2 Å². The van der Waals surface area contributed by atoms with Gasteiger partial charge in [0.25, 0.3) is 0 Å². The standard InChI is InChI=1S/C15H25N5O/c1-11-16-8-13(17-11)9-20-5-4-15(10-20)6-12(7-15)18-14(21)19(2)3/h8,12H,4-7,9-10H2,1-3H3,(H,16,17)(H,18,21). The second kappa shape index (κ2) is 5.33. The fourth-order valence-electron chi connectivity index (χ4n) is 3.68. The molecular formula is C15H25N5O. The number of hydrogen-bond acceptors (Lipinski definition) is 3. The summed E-state index contributed by atoms with van der Waals surface area (Å²) in [5.41, 5.74) is 1.63. The zero-order valence-electron chi connectivity index (χ0n) is 13.1. The molecule has 0 radical (unpaired) electrons. The third-order valence-corrected chi connectivity index (χ3v) is 4.76. The molecule has 2 amide bonds. The Hall–Kier alpha value is -1.56. The summed E-state index contributed by atoms with van der Waals surface area (Å²) < 4.78 is 0. The first kappa shape index (κ1) is 14.4. The molecule has 3 rings (SSSR count). The van der Waals surface area contributed by atoms with Crippen molar-refractivity contribution in [2.75, 3.05) is 27.2 Å². The number of hydrogen-bond donors (Lipinski definition) is 2. The number of nitrogens with one attached hydrogen (secondary N) is 2. The zero-order chi connectivity index (χ0) is 15.0. The zero-order valence-corrected chi connectivity index (χ0v) is 13.1. The van der Waals surface area contributed by atoms with E-state index in [-0.39, 0.29) is 6.03 Å². The third kappa shape index (κ3) is 3.05. The minimum Gasteiger partial charge on any atom is -0.345 e. The Bertz CT molecular complexity index is 518. The van der Waals surface area contributed by atoms with E-state index in [1.54, 1.807) is 19.0 Å². The summed E-state index contributed by atoms with van der Waals surface area (Å²) in [5, 5.41) is 3.09. The summed E-state index contributed by atoms with van der Waals surface area (Å²) in [6.07, 6.45) is 5.41. The van der Waals surface area contributed by atoms with Crippen LogP contribution in [0.4, 0.5) is 4.79 Å². The summed E-state index contributed by atoms with van der Waals surface area (Å²) >= 11 is 0. The molecule has 0 atom stereocenters. The second-order valence-corrected chi connectivity index (χ2v) is 6.90. The quantitative estimate of drug-likeness (QED) is 0.883. The fourth-order valence-corrected chi connectivity index (χ4v) is 3.68. The second-order valence-electron chi connectivity index (χ2n) is 6.90. The van der Waals surface area contributed by atoms with E-state index in [4.69, 9.17) is 0 Å². The number of likely N-dealkylation sites (tertiary alicyclic amines) is 1. The molecule has 0 bridgehead atoms. The number of H-pyrrole nitrogens is 1. The van der Waals surface area contributed by atoms with Crippen LogP contribution in [0.15, 0.2) is 6.20 Å². The Balaban J connectivity index is 1.46. The van der Waals surface area contributed by atoms with E-state index in [0.29, 0.717) is 11.5 Å². The minimum atomic E-state index is 0.0256. The van der Waals surface area contributed by atoms with Crippen molar-refractivity contribution in [3.05, 3.63) is 17.7 Å². The molecule has 1 aromatic rings. The maximum absolute atomic E-state index is 11.7. The lowest BCUT2D eigenvalue weighted by Crippen LogP contribution is -2.53. The van der Waals surface area contributed by atoms with E-state index >= 15 is 0 Å². The van der Waals surface area contributed by atoms with Gasteiger partial charge in [-0.25, -0.2) is 9.78 Å². The Labute approximate surface area is 125 Å². The van der Waals surface area contributed by atoms with Crippen molar-refractivity contribution in [2.45, 2.75) is 38.8 Å². The number of carbonyl (C=O) groups is 1. The van der Waals surface area contributed by atoms with Crippen LogP contribution in [-0.2, 0) is 6.54 Å². The van der Waals surface area contributed by atoms with Crippen molar-refractivity contribution < 1.29 is 4.79 Å². The van der Waals surface area contributed by atoms with Crippen LogP contribution in [0.2, 0.25) is 0 Å². The van der Waals surface area contributed by atoms with E-state index in [1.807, 2.05) is 13.1 Å². The van der Waals surface area contributed by atoms with Gasteiger partial charge in [0, 0.05) is 45.1 Å². The van der Waals surface area contributed by atoms with Gasteiger partial charge in [-0.3, -0.25) is 4.90 Å². The van der Waals surface area contributed by atoms with Gasteiger partial charge in [-0.15, -0.1) is 0 Å². The molecule has 1 spiro atoms. The maximum Gasteiger partial charge on any atom is 0.317 e. The maximum atomic E-state index is 11.7. The van der Waals surface area contributed by atoms with Crippen LogP contribution in [0.25, 0.3) is 0 Å². The van der Waals surface area contributed by atoms with Crippen LogP contribution in [0.1, 0.15) is 30.8 Å². The molecule has 2 fully saturated rings. The fraction of sp³-hybridized carbons (Fsp3) is 0.733. The molecule has 2 heterocycles. The van der Waals surface area contributed by atoms with Gasteiger partial charge in [0.1, 0.15) is 5.82 Å². The van der Waals surface area contributed by atoms with Gasteiger partial charge in [-0.2, -0.15) is 0 Å². The molecular weight excluding hydrogens is 266 g/mol. The minimum absolute atomic E-state index is 0.0256. The molecule has 1 saturated heterocycles.